The summed E-state index contributed by atoms with van der Waals surface area (Å²) in [6.45, 7) is 3.59. The predicted octanol–water partition coefficient (Wildman–Crippen LogP) is 3.76. The van der Waals surface area contributed by atoms with Gasteiger partial charge < -0.3 is 4.74 Å². The number of hydrogen-bond donors (Lipinski definition) is 0. The third-order valence-corrected chi connectivity index (χ3v) is 2.18. The summed E-state index contributed by atoms with van der Waals surface area (Å²) in [5.41, 5.74) is 0. The lowest BCUT2D eigenvalue weighted by molar-refractivity contribution is -0.137. The highest BCUT2D eigenvalue weighted by Gasteiger charge is 2.00. The fourth-order valence-corrected chi connectivity index (χ4v) is 1.36. The summed E-state index contributed by atoms with van der Waals surface area (Å²) in [6, 6.07) is 0. The number of rotatable bonds is 6. The van der Waals surface area contributed by atoms with Crippen LogP contribution in [-0.4, -0.2) is 5.97 Å². The molecule has 0 saturated carbocycles. The van der Waals surface area contributed by atoms with Gasteiger partial charge in [0.25, 0.3) is 0 Å². The molecule has 0 saturated heterocycles. The molecule has 0 aliphatic carbocycles. The highest BCUT2D eigenvalue weighted by Crippen LogP contribution is 2.13. The van der Waals surface area contributed by atoms with Gasteiger partial charge in [-0.1, -0.05) is 42.1 Å². The van der Waals surface area contributed by atoms with Crippen molar-refractivity contribution in [2.75, 3.05) is 0 Å². The van der Waals surface area contributed by atoms with Gasteiger partial charge in [-0.25, -0.2) is 0 Å². The van der Waals surface area contributed by atoms with Crippen LogP contribution in [0.4, 0.5) is 0 Å². The second-order valence-electron chi connectivity index (χ2n) is 2.98. The van der Waals surface area contributed by atoms with Gasteiger partial charge in [0.15, 0.2) is 0 Å². The minimum Gasteiger partial charge on any atom is -0.431 e. The lowest BCUT2D eigenvalue weighted by atomic mass is 10.1. The molecule has 2 nitrogen and oxygen atoms in total. The van der Waals surface area contributed by atoms with Gasteiger partial charge in [0.1, 0.15) is 5.76 Å². The minimum absolute atomic E-state index is 0.249. The van der Waals surface area contributed by atoms with Crippen LogP contribution < -0.4 is 0 Å². The topological polar surface area (TPSA) is 26.3 Å². The maximum Gasteiger partial charge on any atom is 0.307 e. The number of unbranched alkanes of at least 4 members (excludes halogenated alkanes) is 3. The Morgan fingerprint density at radius 2 is 2.08 bits per heavy atom. The first-order chi connectivity index (χ1) is 6.20. The monoisotopic (exact) mass is 248 g/mol. The number of carbonyl (C=O) groups is 1. The van der Waals surface area contributed by atoms with E-state index in [1.165, 1.54) is 26.2 Å². The van der Waals surface area contributed by atoms with E-state index in [-0.39, 0.29) is 5.97 Å². The molecule has 0 bridgehead atoms. The van der Waals surface area contributed by atoms with Gasteiger partial charge in [0, 0.05) is 18.3 Å². The fraction of sp³-hybridized carbons (Fsp3) is 0.700. The molecule has 76 valence electrons. The molecule has 0 aliphatic rings. The van der Waals surface area contributed by atoms with Crippen LogP contribution in [-0.2, 0) is 9.53 Å². The average Bonchev–Trinajstić information content (AvgIpc) is 2.09. The van der Waals surface area contributed by atoms with E-state index < -0.39 is 0 Å². The largest absolute Gasteiger partial charge is 0.431 e. The van der Waals surface area contributed by atoms with Crippen molar-refractivity contribution in [1.82, 2.24) is 0 Å². The first-order valence-electron chi connectivity index (χ1n) is 4.68. The van der Waals surface area contributed by atoms with Gasteiger partial charge in [-0.05, 0) is 6.42 Å². The standard InChI is InChI=1S/C10H17BrO2/c1-3-4-5-6-7-10(8-11)13-9(2)12/h8H,3-7H2,1-2H3/b10-8-. The lowest BCUT2D eigenvalue weighted by Crippen LogP contribution is -1.98. The molecule has 0 spiro atoms. The summed E-state index contributed by atoms with van der Waals surface area (Å²) in [7, 11) is 0. The molecule has 0 atom stereocenters. The minimum atomic E-state index is -0.249. The molecule has 0 amide bonds. The van der Waals surface area contributed by atoms with Crippen LogP contribution in [0.15, 0.2) is 10.7 Å². The third-order valence-electron chi connectivity index (χ3n) is 1.67. The van der Waals surface area contributed by atoms with Gasteiger partial charge in [0.2, 0.25) is 0 Å². The molecule has 0 aromatic heterocycles. The number of allylic oxidation sites excluding steroid dienone is 1. The molecule has 13 heavy (non-hydrogen) atoms. The molecule has 0 rings (SSSR count). The Bertz CT molecular complexity index is 176. The number of carbonyl (C=O) groups excluding carboxylic acids is 1. The van der Waals surface area contributed by atoms with Crippen LogP contribution in [0, 0.1) is 0 Å². The third kappa shape index (κ3) is 8.03. The van der Waals surface area contributed by atoms with Gasteiger partial charge in [0.05, 0.1) is 0 Å². The highest BCUT2D eigenvalue weighted by molar-refractivity contribution is 9.11. The van der Waals surface area contributed by atoms with Gasteiger partial charge in [-0.2, -0.15) is 0 Å². The second-order valence-corrected chi connectivity index (χ2v) is 3.44. The molecule has 0 aromatic carbocycles. The number of hydrogen-bond acceptors (Lipinski definition) is 2. The zero-order valence-corrected chi connectivity index (χ0v) is 9.89. The van der Waals surface area contributed by atoms with Crippen LogP contribution in [0.5, 0.6) is 0 Å². The van der Waals surface area contributed by atoms with Crippen LogP contribution in [0.25, 0.3) is 0 Å². The van der Waals surface area contributed by atoms with Crippen LogP contribution in [0.3, 0.4) is 0 Å². The fourth-order valence-electron chi connectivity index (χ4n) is 1.04. The zero-order valence-electron chi connectivity index (χ0n) is 8.31. The van der Waals surface area contributed by atoms with E-state index in [9.17, 15) is 4.79 Å². The predicted molar refractivity (Wildman–Crippen MR) is 57.5 cm³/mol. The van der Waals surface area contributed by atoms with Gasteiger partial charge in [-0.15, -0.1) is 0 Å². The van der Waals surface area contributed by atoms with E-state index in [0.717, 1.165) is 18.6 Å². The molecular formula is C10H17BrO2. The Kier molecular flexibility index (Phi) is 8.10. The van der Waals surface area contributed by atoms with Crippen molar-refractivity contribution in [3.05, 3.63) is 10.7 Å². The quantitative estimate of drug-likeness (QED) is 0.407. The SMILES string of the molecule is CCCCCC/C(=C/Br)OC(C)=O. The molecule has 0 aliphatic heterocycles. The normalized spacial score (nSPS) is 11.5. The first-order valence-corrected chi connectivity index (χ1v) is 5.60. The van der Waals surface area contributed by atoms with E-state index in [1.54, 1.807) is 4.99 Å². The van der Waals surface area contributed by atoms with E-state index >= 15 is 0 Å². The van der Waals surface area contributed by atoms with Crippen molar-refractivity contribution in [3.63, 3.8) is 0 Å². The van der Waals surface area contributed by atoms with Crippen LogP contribution >= 0.6 is 15.9 Å². The average molecular weight is 249 g/mol. The van der Waals surface area contributed by atoms with E-state index in [0.29, 0.717) is 0 Å². The lowest BCUT2D eigenvalue weighted by Gasteiger charge is -2.04. The molecule has 3 heteroatoms. The van der Waals surface area contributed by atoms with Gasteiger partial charge >= 0.3 is 5.97 Å². The van der Waals surface area contributed by atoms with E-state index in [4.69, 9.17) is 4.74 Å². The summed E-state index contributed by atoms with van der Waals surface area (Å²) in [5.74, 6) is 0.477. The summed E-state index contributed by atoms with van der Waals surface area (Å²) >= 11 is 3.17. The summed E-state index contributed by atoms with van der Waals surface area (Å²) in [6.07, 6.45) is 5.59. The Morgan fingerprint density at radius 1 is 1.38 bits per heavy atom. The molecule has 0 N–H and O–H groups in total. The Hall–Kier alpha value is -0.310. The summed E-state index contributed by atoms with van der Waals surface area (Å²) in [5, 5.41) is 0. The molecule has 0 radical (unpaired) electrons. The maximum atomic E-state index is 10.6. The van der Waals surface area contributed by atoms with Crippen molar-refractivity contribution < 1.29 is 9.53 Å². The smallest absolute Gasteiger partial charge is 0.307 e. The number of halogens is 1. The Balaban J connectivity index is 3.55. The van der Waals surface area contributed by atoms with Gasteiger partial charge in [-0.3, -0.25) is 4.79 Å². The molecule has 0 aromatic rings. The maximum absolute atomic E-state index is 10.6. The molecule has 0 fully saturated rings. The Labute approximate surface area is 88.5 Å². The van der Waals surface area contributed by atoms with Crippen molar-refractivity contribution >= 4 is 21.9 Å². The summed E-state index contributed by atoms with van der Waals surface area (Å²) < 4.78 is 4.96. The zero-order chi connectivity index (χ0) is 10.1. The number of esters is 1. The summed E-state index contributed by atoms with van der Waals surface area (Å²) in [4.78, 5) is 12.3. The number of ether oxygens (including phenoxy) is 1. The highest BCUT2D eigenvalue weighted by atomic mass is 79.9. The van der Waals surface area contributed by atoms with Crippen molar-refractivity contribution in [2.45, 2.75) is 46.0 Å². The van der Waals surface area contributed by atoms with Crippen LogP contribution in [0.2, 0.25) is 0 Å². The van der Waals surface area contributed by atoms with Crippen molar-refractivity contribution in [3.8, 4) is 0 Å². The molecule has 0 heterocycles. The Morgan fingerprint density at radius 3 is 2.54 bits per heavy atom. The molecular weight excluding hydrogens is 232 g/mol. The van der Waals surface area contributed by atoms with Crippen molar-refractivity contribution in [2.24, 2.45) is 0 Å². The first kappa shape index (κ1) is 12.7. The van der Waals surface area contributed by atoms with Crippen molar-refractivity contribution in [1.29, 1.82) is 0 Å². The second kappa shape index (κ2) is 8.30. The van der Waals surface area contributed by atoms with E-state index in [2.05, 4.69) is 22.9 Å². The van der Waals surface area contributed by atoms with E-state index in [1.807, 2.05) is 0 Å². The van der Waals surface area contributed by atoms with Crippen LogP contribution in [0.1, 0.15) is 46.0 Å². The molecule has 0 unspecified atom stereocenters.